The second-order valence-corrected chi connectivity index (χ2v) is 7.22. The van der Waals surface area contributed by atoms with E-state index in [1.54, 1.807) is 36.5 Å². The van der Waals surface area contributed by atoms with Crippen LogP contribution in [0.2, 0.25) is 0 Å². The number of nitrogens with two attached hydrogens (primary N) is 1. The van der Waals surface area contributed by atoms with Crippen molar-refractivity contribution >= 4 is 33.9 Å². The molecule has 0 saturated heterocycles. The van der Waals surface area contributed by atoms with Crippen molar-refractivity contribution in [2.75, 3.05) is 18.2 Å². The Balaban J connectivity index is 1.56. The SMILES string of the molecule is COC(=O)c1cccc(Nc2cc(Oc3sc(N)nc3-c3ccccc3)ccn2)c1. The molecule has 8 heteroatoms. The number of methoxy groups -OCH3 is 1. The Hall–Kier alpha value is -3.91. The summed E-state index contributed by atoms with van der Waals surface area (Å²) in [6.07, 6.45) is 1.63. The molecule has 150 valence electrons. The van der Waals surface area contributed by atoms with Gasteiger partial charge in [-0.2, -0.15) is 0 Å². The Morgan fingerprint density at radius 2 is 1.90 bits per heavy atom. The molecule has 30 heavy (non-hydrogen) atoms. The summed E-state index contributed by atoms with van der Waals surface area (Å²) in [5.41, 5.74) is 8.68. The van der Waals surface area contributed by atoms with Gasteiger partial charge in [-0.3, -0.25) is 0 Å². The zero-order valence-electron chi connectivity index (χ0n) is 16.0. The minimum atomic E-state index is -0.403. The van der Waals surface area contributed by atoms with E-state index >= 15 is 0 Å². The van der Waals surface area contributed by atoms with Gasteiger partial charge in [-0.05, 0) is 24.3 Å². The molecule has 4 rings (SSSR count). The van der Waals surface area contributed by atoms with E-state index in [9.17, 15) is 4.79 Å². The lowest BCUT2D eigenvalue weighted by molar-refractivity contribution is 0.0601. The van der Waals surface area contributed by atoms with Crippen LogP contribution < -0.4 is 15.8 Å². The number of anilines is 3. The molecule has 0 amide bonds. The summed E-state index contributed by atoms with van der Waals surface area (Å²) >= 11 is 1.27. The molecule has 4 aromatic rings. The molecule has 3 N–H and O–H groups in total. The number of hydrogen-bond acceptors (Lipinski definition) is 8. The third-order valence-corrected chi connectivity index (χ3v) is 4.92. The van der Waals surface area contributed by atoms with Crippen LogP contribution in [-0.2, 0) is 4.74 Å². The topological polar surface area (TPSA) is 99.4 Å². The Morgan fingerprint density at radius 1 is 1.07 bits per heavy atom. The fourth-order valence-electron chi connectivity index (χ4n) is 2.81. The molecule has 0 saturated carbocycles. The third kappa shape index (κ3) is 4.39. The van der Waals surface area contributed by atoms with Crippen LogP contribution in [0.15, 0.2) is 72.9 Å². The number of benzene rings is 2. The minimum Gasteiger partial charge on any atom is -0.465 e. The molecule has 0 spiro atoms. The summed E-state index contributed by atoms with van der Waals surface area (Å²) < 4.78 is 10.8. The predicted molar refractivity (Wildman–Crippen MR) is 117 cm³/mol. The minimum absolute atomic E-state index is 0.403. The van der Waals surface area contributed by atoms with Crippen molar-refractivity contribution in [2.45, 2.75) is 0 Å². The number of carbonyl (C=O) groups excluding carboxylic acids is 1. The van der Waals surface area contributed by atoms with Crippen LogP contribution in [0.5, 0.6) is 10.8 Å². The summed E-state index contributed by atoms with van der Waals surface area (Å²) in [5, 5.41) is 4.19. The lowest BCUT2D eigenvalue weighted by Gasteiger charge is -2.09. The number of thiazole rings is 1. The van der Waals surface area contributed by atoms with Crippen molar-refractivity contribution in [3.8, 4) is 22.1 Å². The number of esters is 1. The van der Waals surface area contributed by atoms with Gasteiger partial charge in [0, 0.05) is 23.5 Å². The van der Waals surface area contributed by atoms with Crippen molar-refractivity contribution in [1.82, 2.24) is 9.97 Å². The molecular formula is C22H18N4O3S. The van der Waals surface area contributed by atoms with Crippen molar-refractivity contribution in [1.29, 1.82) is 0 Å². The van der Waals surface area contributed by atoms with E-state index in [1.165, 1.54) is 18.4 Å². The summed E-state index contributed by atoms with van der Waals surface area (Å²) in [4.78, 5) is 20.4. The molecule has 2 aromatic carbocycles. The van der Waals surface area contributed by atoms with Crippen molar-refractivity contribution < 1.29 is 14.3 Å². The van der Waals surface area contributed by atoms with Crippen LogP contribution in [0, 0.1) is 0 Å². The van der Waals surface area contributed by atoms with Crippen LogP contribution in [0.25, 0.3) is 11.3 Å². The third-order valence-electron chi connectivity index (χ3n) is 4.16. The fourth-order valence-corrected chi connectivity index (χ4v) is 3.53. The van der Waals surface area contributed by atoms with Gasteiger partial charge in [0.15, 0.2) is 5.13 Å². The van der Waals surface area contributed by atoms with E-state index in [2.05, 4.69) is 15.3 Å². The van der Waals surface area contributed by atoms with Crippen LogP contribution in [-0.4, -0.2) is 23.0 Å². The fraction of sp³-hybridized carbons (Fsp3) is 0.0455. The summed E-state index contributed by atoms with van der Waals surface area (Å²) in [7, 11) is 1.35. The Morgan fingerprint density at radius 3 is 2.70 bits per heavy atom. The van der Waals surface area contributed by atoms with Crippen LogP contribution >= 0.6 is 11.3 Å². The Kier molecular flexibility index (Phi) is 5.58. The molecule has 0 fully saturated rings. The lowest BCUT2D eigenvalue weighted by Crippen LogP contribution is -2.02. The molecular weight excluding hydrogens is 400 g/mol. The van der Waals surface area contributed by atoms with Gasteiger partial charge in [-0.1, -0.05) is 47.7 Å². The van der Waals surface area contributed by atoms with E-state index in [-0.39, 0.29) is 0 Å². The highest BCUT2D eigenvalue weighted by atomic mass is 32.1. The zero-order chi connectivity index (χ0) is 20.9. The van der Waals surface area contributed by atoms with Crippen molar-refractivity contribution in [3.63, 3.8) is 0 Å². The van der Waals surface area contributed by atoms with E-state index < -0.39 is 5.97 Å². The first-order chi connectivity index (χ1) is 14.6. The maximum Gasteiger partial charge on any atom is 0.337 e. The van der Waals surface area contributed by atoms with Crippen LogP contribution in [0.1, 0.15) is 10.4 Å². The monoisotopic (exact) mass is 418 g/mol. The molecule has 0 bridgehead atoms. The summed E-state index contributed by atoms with van der Waals surface area (Å²) in [6, 6.07) is 20.2. The standard InChI is InChI=1S/C22H18N4O3S/c1-28-20(27)15-8-5-9-16(12-15)25-18-13-17(10-11-24-18)29-21-19(26-22(23)30-21)14-6-3-2-4-7-14/h2-13H,1H3,(H2,23,26)(H,24,25). The molecule has 7 nitrogen and oxygen atoms in total. The number of nitrogens with zero attached hydrogens (tertiary/aromatic N) is 2. The second kappa shape index (κ2) is 8.62. The quantitative estimate of drug-likeness (QED) is 0.420. The highest BCUT2D eigenvalue weighted by Gasteiger charge is 2.14. The number of nitrogens with one attached hydrogen (secondary N) is 1. The Labute approximate surface area is 177 Å². The van der Waals surface area contributed by atoms with Gasteiger partial charge in [0.05, 0.1) is 12.7 Å². The molecule has 0 atom stereocenters. The average molecular weight is 418 g/mol. The summed E-state index contributed by atoms with van der Waals surface area (Å²) in [5.74, 6) is 0.741. The van der Waals surface area contributed by atoms with Crippen LogP contribution in [0.3, 0.4) is 0 Å². The molecule has 0 aliphatic heterocycles. The van der Waals surface area contributed by atoms with Gasteiger partial charge < -0.3 is 20.5 Å². The van der Waals surface area contributed by atoms with Gasteiger partial charge in [-0.15, -0.1) is 0 Å². The number of ether oxygens (including phenoxy) is 2. The first-order valence-corrected chi connectivity index (χ1v) is 9.85. The van der Waals surface area contributed by atoms with E-state index in [1.807, 2.05) is 36.4 Å². The van der Waals surface area contributed by atoms with Gasteiger partial charge in [0.25, 0.3) is 0 Å². The summed E-state index contributed by atoms with van der Waals surface area (Å²) in [6.45, 7) is 0. The van der Waals surface area contributed by atoms with Gasteiger partial charge in [-0.25, -0.2) is 14.8 Å². The van der Waals surface area contributed by atoms with E-state index in [4.69, 9.17) is 15.2 Å². The zero-order valence-corrected chi connectivity index (χ0v) is 16.8. The second-order valence-electron chi connectivity index (χ2n) is 6.23. The number of aromatic nitrogens is 2. The number of rotatable bonds is 6. The smallest absolute Gasteiger partial charge is 0.337 e. The highest BCUT2D eigenvalue weighted by molar-refractivity contribution is 7.17. The normalized spacial score (nSPS) is 10.4. The largest absolute Gasteiger partial charge is 0.465 e. The van der Waals surface area contributed by atoms with Gasteiger partial charge >= 0.3 is 5.97 Å². The average Bonchev–Trinajstić information content (AvgIpc) is 3.14. The maximum atomic E-state index is 11.7. The van der Waals surface area contributed by atoms with Crippen LogP contribution in [0.4, 0.5) is 16.6 Å². The first-order valence-electron chi connectivity index (χ1n) is 9.03. The number of hydrogen-bond donors (Lipinski definition) is 2. The molecule has 0 unspecified atom stereocenters. The maximum absolute atomic E-state index is 11.7. The van der Waals surface area contributed by atoms with Gasteiger partial charge in [0.2, 0.25) is 5.06 Å². The number of pyridine rings is 1. The van der Waals surface area contributed by atoms with Crippen molar-refractivity contribution in [3.05, 3.63) is 78.5 Å². The van der Waals surface area contributed by atoms with Gasteiger partial charge in [0.1, 0.15) is 17.3 Å². The highest BCUT2D eigenvalue weighted by Crippen LogP contribution is 2.39. The Bertz CT molecular complexity index is 1180. The molecule has 2 heterocycles. The molecule has 0 aliphatic rings. The molecule has 0 radical (unpaired) electrons. The van der Waals surface area contributed by atoms with E-state index in [0.29, 0.717) is 38.7 Å². The first kappa shape index (κ1) is 19.4. The molecule has 0 aliphatic carbocycles. The predicted octanol–water partition coefficient (Wildman–Crippen LogP) is 5.11. The number of nitrogen functional groups attached to an aromatic ring is 1. The number of carbonyl (C=O) groups is 1. The molecule has 2 aromatic heterocycles. The van der Waals surface area contributed by atoms with E-state index in [0.717, 1.165) is 5.56 Å². The lowest BCUT2D eigenvalue weighted by atomic mass is 10.2. The van der Waals surface area contributed by atoms with Crippen molar-refractivity contribution in [2.24, 2.45) is 0 Å².